The van der Waals surface area contributed by atoms with Crippen LogP contribution < -0.4 is 4.74 Å². The molecule has 1 fully saturated rings. The molecule has 1 aliphatic heterocycles. The van der Waals surface area contributed by atoms with Crippen LogP contribution >= 0.6 is 11.6 Å². The van der Waals surface area contributed by atoms with E-state index in [1.165, 1.54) is 18.4 Å². The van der Waals surface area contributed by atoms with Crippen molar-refractivity contribution in [3.8, 4) is 5.75 Å². The van der Waals surface area contributed by atoms with Gasteiger partial charge in [-0.2, -0.15) is 5.10 Å². The van der Waals surface area contributed by atoms with Crippen molar-refractivity contribution >= 4 is 11.6 Å². The first-order chi connectivity index (χ1) is 10.2. The van der Waals surface area contributed by atoms with Crippen LogP contribution in [-0.2, 0) is 13.6 Å². The maximum Gasteiger partial charge on any atom is 0.119 e. The Hall–Kier alpha value is -1.52. The molecule has 2 aromatic rings. The fourth-order valence-corrected chi connectivity index (χ4v) is 3.20. The van der Waals surface area contributed by atoms with Crippen LogP contribution in [0.1, 0.15) is 30.0 Å². The van der Waals surface area contributed by atoms with Crippen LogP contribution in [0.2, 0.25) is 5.02 Å². The number of rotatable bonds is 4. The largest absolute Gasteiger partial charge is 0.497 e. The van der Waals surface area contributed by atoms with Gasteiger partial charge in [-0.15, -0.1) is 0 Å². The molecule has 1 atom stereocenters. The van der Waals surface area contributed by atoms with E-state index in [2.05, 4.69) is 16.2 Å². The number of aromatic nitrogens is 2. The average Bonchev–Trinajstić information content (AvgIpc) is 3.10. The molecule has 1 saturated heterocycles. The molecule has 0 spiro atoms. The number of benzene rings is 1. The van der Waals surface area contributed by atoms with E-state index in [0.29, 0.717) is 6.04 Å². The van der Waals surface area contributed by atoms with E-state index in [1.54, 1.807) is 7.11 Å². The van der Waals surface area contributed by atoms with Crippen LogP contribution in [0.25, 0.3) is 0 Å². The van der Waals surface area contributed by atoms with Gasteiger partial charge in [-0.3, -0.25) is 9.58 Å². The minimum Gasteiger partial charge on any atom is -0.497 e. The first kappa shape index (κ1) is 14.4. The average molecular weight is 306 g/mol. The molecule has 5 heteroatoms. The summed E-state index contributed by atoms with van der Waals surface area (Å²) in [5.41, 5.74) is 2.40. The second kappa shape index (κ2) is 6.08. The Morgan fingerprint density at radius 2 is 2.29 bits per heavy atom. The second-order valence-electron chi connectivity index (χ2n) is 5.53. The maximum atomic E-state index is 6.33. The third kappa shape index (κ3) is 3.06. The zero-order valence-electron chi connectivity index (χ0n) is 12.4. The van der Waals surface area contributed by atoms with E-state index in [0.717, 1.165) is 29.4 Å². The van der Waals surface area contributed by atoms with Crippen molar-refractivity contribution in [2.75, 3.05) is 13.7 Å². The molecule has 21 heavy (non-hydrogen) atoms. The van der Waals surface area contributed by atoms with E-state index >= 15 is 0 Å². The zero-order valence-corrected chi connectivity index (χ0v) is 13.2. The molecular weight excluding hydrogens is 286 g/mol. The topological polar surface area (TPSA) is 30.3 Å². The molecule has 2 heterocycles. The highest BCUT2D eigenvalue weighted by Crippen LogP contribution is 2.34. The predicted molar refractivity (Wildman–Crippen MR) is 83.6 cm³/mol. The lowest BCUT2D eigenvalue weighted by Gasteiger charge is -2.24. The molecule has 3 rings (SSSR count). The fourth-order valence-electron chi connectivity index (χ4n) is 3.02. The summed E-state index contributed by atoms with van der Waals surface area (Å²) in [4.78, 5) is 2.47. The Balaban J connectivity index is 1.80. The lowest BCUT2D eigenvalue weighted by molar-refractivity contribution is 0.248. The summed E-state index contributed by atoms with van der Waals surface area (Å²) in [6, 6.07) is 6.27. The monoisotopic (exact) mass is 305 g/mol. The molecule has 0 N–H and O–H groups in total. The molecule has 1 aromatic carbocycles. The number of hydrogen-bond donors (Lipinski definition) is 0. The molecule has 112 valence electrons. The minimum absolute atomic E-state index is 0.431. The normalized spacial score (nSPS) is 19.1. The highest BCUT2D eigenvalue weighted by molar-refractivity contribution is 6.31. The molecule has 1 aliphatic rings. The van der Waals surface area contributed by atoms with E-state index in [-0.39, 0.29) is 0 Å². The summed E-state index contributed by atoms with van der Waals surface area (Å²) in [5.74, 6) is 0.853. The Labute approximate surface area is 130 Å². The number of halogens is 1. The van der Waals surface area contributed by atoms with Crippen molar-refractivity contribution in [2.45, 2.75) is 25.4 Å². The number of likely N-dealkylation sites (tertiary alicyclic amines) is 1. The number of ether oxygens (including phenoxy) is 1. The number of hydrogen-bond acceptors (Lipinski definition) is 3. The van der Waals surface area contributed by atoms with Crippen LogP contribution in [0, 0.1) is 0 Å². The lowest BCUT2D eigenvalue weighted by Crippen LogP contribution is -2.22. The summed E-state index contributed by atoms with van der Waals surface area (Å²) in [7, 11) is 3.64. The second-order valence-corrected chi connectivity index (χ2v) is 5.94. The maximum absolute atomic E-state index is 6.33. The van der Waals surface area contributed by atoms with E-state index in [9.17, 15) is 0 Å². The van der Waals surface area contributed by atoms with Crippen molar-refractivity contribution in [2.24, 2.45) is 7.05 Å². The van der Waals surface area contributed by atoms with Gasteiger partial charge >= 0.3 is 0 Å². The van der Waals surface area contributed by atoms with E-state index < -0.39 is 0 Å². The zero-order chi connectivity index (χ0) is 14.8. The van der Waals surface area contributed by atoms with Gasteiger partial charge in [0.25, 0.3) is 0 Å². The third-order valence-electron chi connectivity index (χ3n) is 4.10. The van der Waals surface area contributed by atoms with Crippen molar-refractivity contribution in [3.05, 3.63) is 46.7 Å². The van der Waals surface area contributed by atoms with Crippen LogP contribution in [-0.4, -0.2) is 28.3 Å². The van der Waals surface area contributed by atoms with Gasteiger partial charge in [-0.1, -0.05) is 11.6 Å². The van der Waals surface area contributed by atoms with E-state index in [1.807, 2.05) is 36.1 Å². The molecule has 0 bridgehead atoms. The number of aryl methyl sites for hydroxylation is 1. The van der Waals surface area contributed by atoms with Crippen molar-refractivity contribution in [1.29, 1.82) is 0 Å². The minimum atomic E-state index is 0.431. The molecule has 4 nitrogen and oxygen atoms in total. The van der Waals surface area contributed by atoms with Gasteiger partial charge in [0.2, 0.25) is 0 Å². The first-order valence-corrected chi connectivity index (χ1v) is 7.60. The smallest absolute Gasteiger partial charge is 0.119 e. The Morgan fingerprint density at radius 1 is 1.43 bits per heavy atom. The van der Waals surface area contributed by atoms with Gasteiger partial charge in [0.15, 0.2) is 0 Å². The van der Waals surface area contributed by atoms with Gasteiger partial charge in [0, 0.05) is 36.4 Å². The standard InChI is InChI=1S/C16H20ClN3O/c1-19-10-13(9-18-19)16-4-3-7-20(16)11-12-8-14(21-2)5-6-15(12)17/h5-6,8-10,16H,3-4,7,11H2,1-2H3. The lowest BCUT2D eigenvalue weighted by atomic mass is 10.1. The van der Waals surface area contributed by atoms with Crippen LogP contribution in [0.15, 0.2) is 30.6 Å². The Kier molecular flexibility index (Phi) is 4.17. The van der Waals surface area contributed by atoms with Crippen molar-refractivity contribution in [1.82, 2.24) is 14.7 Å². The summed E-state index contributed by atoms with van der Waals surface area (Å²) >= 11 is 6.33. The van der Waals surface area contributed by atoms with Gasteiger partial charge in [0.05, 0.1) is 13.3 Å². The van der Waals surface area contributed by atoms with Gasteiger partial charge in [-0.25, -0.2) is 0 Å². The molecule has 1 aromatic heterocycles. The molecular formula is C16H20ClN3O. The van der Waals surface area contributed by atoms with Crippen molar-refractivity contribution in [3.63, 3.8) is 0 Å². The van der Waals surface area contributed by atoms with Crippen molar-refractivity contribution < 1.29 is 4.74 Å². The summed E-state index contributed by atoms with van der Waals surface area (Å²) in [6.45, 7) is 1.93. The highest BCUT2D eigenvalue weighted by atomic mass is 35.5. The van der Waals surface area contributed by atoms with Crippen LogP contribution in [0.5, 0.6) is 5.75 Å². The number of methoxy groups -OCH3 is 1. The SMILES string of the molecule is COc1ccc(Cl)c(CN2CCCC2c2cnn(C)c2)c1. The van der Waals surface area contributed by atoms with Gasteiger partial charge in [0.1, 0.15) is 5.75 Å². The Morgan fingerprint density at radius 3 is 3.00 bits per heavy atom. The molecule has 0 amide bonds. The van der Waals surface area contributed by atoms with Crippen LogP contribution in [0.3, 0.4) is 0 Å². The Bertz CT molecular complexity index is 626. The quantitative estimate of drug-likeness (QED) is 0.867. The summed E-state index contributed by atoms with van der Waals surface area (Å²) in [6.07, 6.45) is 6.46. The summed E-state index contributed by atoms with van der Waals surface area (Å²) in [5, 5.41) is 5.09. The highest BCUT2D eigenvalue weighted by Gasteiger charge is 2.27. The first-order valence-electron chi connectivity index (χ1n) is 7.22. The van der Waals surface area contributed by atoms with Gasteiger partial charge < -0.3 is 4.74 Å². The fraction of sp³-hybridized carbons (Fsp3) is 0.438. The molecule has 1 unspecified atom stereocenters. The predicted octanol–water partition coefficient (Wildman–Crippen LogP) is 3.42. The molecule has 0 radical (unpaired) electrons. The summed E-state index contributed by atoms with van der Waals surface area (Å²) < 4.78 is 7.16. The van der Waals surface area contributed by atoms with Gasteiger partial charge in [-0.05, 0) is 43.1 Å². The third-order valence-corrected chi connectivity index (χ3v) is 4.47. The number of nitrogens with zero attached hydrogens (tertiary/aromatic N) is 3. The molecule has 0 saturated carbocycles. The molecule has 0 aliphatic carbocycles. The van der Waals surface area contributed by atoms with Crippen LogP contribution in [0.4, 0.5) is 0 Å². The van der Waals surface area contributed by atoms with E-state index in [4.69, 9.17) is 16.3 Å².